The molecule has 3 aromatic carbocycles. The smallest absolute Gasteiger partial charge is 0.221 e. The summed E-state index contributed by atoms with van der Waals surface area (Å²) >= 11 is 6.26. The van der Waals surface area contributed by atoms with Crippen LogP contribution in [0.3, 0.4) is 0 Å². The molecule has 0 heterocycles. The number of hydrogen-bond donors (Lipinski definition) is 2. The van der Waals surface area contributed by atoms with E-state index in [1.165, 1.54) is 0 Å². The molecule has 3 rings (SSSR count). The van der Waals surface area contributed by atoms with E-state index in [0.29, 0.717) is 28.4 Å². The fraction of sp³-hybridized carbons (Fsp3) is 0.174. The van der Waals surface area contributed by atoms with Gasteiger partial charge in [-0.1, -0.05) is 72.3 Å². The molecule has 2 atom stereocenters. The Morgan fingerprint density at radius 3 is 2.13 bits per heavy atom. The van der Waals surface area contributed by atoms with Crippen LogP contribution in [0.5, 0.6) is 0 Å². The number of halogens is 1. The summed E-state index contributed by atoms with van der Waals surface area (Å²) in [6.07, 6.45) is 1.34. The van der Waals surface area contributed by atoms with Crippen LogP contribution in [0, 0.1) is 0 Å². The molecule has 0 bridgehead atoms. The predicted octanol–water partition coefficient (Wildman–Crippen LogP) is 3.75. The molecule has 0 saturated carbocycles. The van der Waals surface area contributed by atoms with Gasteiger partial charge < -0.3 is 10.8 Å². The molecule has 0 radical (unpaired) electrons. The SMILES string of the molecule is CS(=O)N(Cc1ccccc1Cl)c1ccc(C(O)(CC(N)=O)c2ccccc2)cc1. The van der Waals surface area contributed by atoms with Gasteiger partial charge in [-0.2, -0.15) is 0 Å². The van der Waals surface area contributed by atoms with Gasteiger partial charge in [-0.15, -0.1) is 0 Å². The zero-order valence-corrected chi connectivity index (χ0v) is 18.1. The number of primary amides is 1. The van der Waals surface area contributed by atoms with Gasteiger partial charge in [0.2, 0.25) is 5.91 Å². The van der Waals surface area contributed by atoms with Gasteiger partial charge in [0.05, 0.1) is 13.0 Å². The molecule has 0 fully saturated rings. The van der Waals surface area contributed by atoms with Crippen LogP contribution in [0.1, 0.15) is 23.1 Å². The van der Waals surface area contributed by atoms with Gasteiger partial charge in [-0.05, 0) is 34.9 Å². The third kappa shape index (κ3) is 4.90. The zero-order valence-electron chi connectivity index (χ0n) is 16.5. The van der Waals surface area contributed by atoms with Crippen LogP contribution in [-0.4, -0.2) is 21.5 Å². The lowest BCUT2D eigenvalue weighted by Crippen LogP contribution is -2.33. The van der Waals surface area contributed by atoms with Crippen molar-refractivity contribution in [2.24, 2.45) is 5.73 Å². The lowest BCUT2D eigenvalue weighted by atomic mass is 9.83. The van der Waals surface area contributed by atoms with Crippen molar-refractivity contribution >= 4 is 34.2 Å². The molecule has 3 N–H and O–H groups in total. The number of nitrogens with zero attached hydrogens (tertiary/aromatic N) is 1. The summed E-state index contributed by atoms with van der Waals surface area (Å²) in [5.74, 6) is -0.611. The average Bonchev–Trinajstić information content (AvgIpc) is 2.73. The third-order valence-corrected chi connectivity index (χ3v) is 6.23. The number of anilines is 1. The van der Waals surface area contributed by atoms with Crippen molar-refractivity contribution in [1.29, 1.82) is 0 Å². The summed E-state index contributed by atoms with van der Waals surface area (Å²) in [4.78, 5) is 11.7. The Hall–Kier alpha value is -2.67. The highest BCUT2D eigenvalue weighted by Gasteiger charge is 2.33. The van der Waals surface area contributed by atoms with Crippen molar-refractivity contribution in [3.8, 4) is 0 Å². The normalized spacial score (nSPS) is 14.0. The Kier molecular flexibility index (Phi) is 6.92. The van der Waals surface area contributed by atoms with E-state index < -0.39 is 22.5 Å². The molecule has 3 aromatic rings. The lowest BCUT2D eigenvalue weighted by molar-refractivity contribution is -0.121. The molecule has 0 aliphatic rings. The van der Waals surface area contributed by atoms with Crippen molar-refractivity contribution in [2.45, 2.75) is 18.6 Å². The Bertz CT molecular complexity index is 1040. The molecule has 0 aliphatic carbocycles. The quantitative estimate of drug-likeness (QED) is 0.557. The molecule has 0 aliphatic heterocycles. The van der Waals surface area contributed by atoms with Crippen LogP contribution >= 0.6 is 11.6 Å². The Labute approximate surface area is 183 Å². The summed E-state index contributed by atoms with van der Waals surface area (Å²) < 4.78 is 14.1. The van der Waals surface area contributed by atoms with Gasteiger partial charge in [0.1, 0.15) is 16.6 Å². The summed E-state index contributed by atoms with van der Waals surface area (Å²) in [5, 5.41) is 11.9. The van der Waals surface area contributed by atoms with E-state index in [0.717, 1.165) is 5.56 Å². The molecule has 0 aromatic heterocycles. The Morgan fingerprint density at radius 1 is 1.00 bits per heavy atom. The highest BCUT2D eigenvalue weighted by Crippen LogP contribution is 2.34. The van der Waals surface area contributed by atoms with Crippen LogP contribution in [0.4, 0.5) is 5.69 Å². The Morgan fingerprint density at radius 2 is 1.57 bits per heavy atom. The number of amides is 1. The molecule has 1 amide bonds. The molecular formula is C23H23ClN2O3S. The van der Waals surface area contributed by atoms with E-state index in [-0.39, 0.29) is 6.42 Å². The van der Waals surface area contributed by atoms with E-state index in [2.05, 4.69) is 0 Å². The van der Waals surface area contributed by atoms with E-state index >= 15 is 0 Å². The van der Waals surface area contributed by atoms with Crippen molar-refractivity contribution in [1.82, 2.24) is 0 Å². The number of benzene rings is 3. The van der Waals surface area contributed by atoms with Crippen molar-refractivity contribution < 1.29 is 14.1 Å². The molecule has 156 valence electrons. The van der Waals surface area contributed by atoms with Gasteiger partial charge >= 0.3 is 0 Å². The minimum Gasteiger partial charge on any atom is -0.380 e. The number of carbonyl (C=O) groups is 1. The average molecular weight is 443 g/mol. The first kappa shape index (κ1) is 22.0. The van der Waals surface area contributed by atoms with Gasteiger partial charge in [-0.25, -0.2) is 4.21 Å². The Balaban J connectivity index is 1.95. The van der Waals surface area contributed by atoms with E-state index in [1.54, 1.807) is 65.2 Å². The maximum absolute atomic E-state index is 12.4. The second-order valence-corrected chi connectivity index (χ2v) is 8.66. The molecular weight excluding hydrogens is 420 g/mol. The fourth-order valence-corrected chi connectivity index (χ4v) is 4.29. The maximum Gasteiger partial charge on any atom is 0.221 e. The molecule has 2 unspecified atom stereocenters. The first-order valence-electron chi connectivity index (χ1n) is 9.32. The molecule has 0 spiro atoms. The van der Waals surface area contributed by atoms with Gasteiger partial charge in [-0.3, -0.25) is 9.10 Å². The van der Waals surface area contributed by atoms with Gasteiger partial charge in [0.15, 0.2) is 0 Å². The number of aliphatic hydroxyl groups is 1. The summed E-state index contributed by atoms with van der Waals surface area (Å²) in [5.41, 5.74) is 6.51. The highest BCUT2D eigenvalue weighted by atomic mass is 35.5. The van der Waals surface area contributed by atoms with Crippen molar-refractivity contribution in [3.63, 3.8) is 0 Å². The van der Waals surface area contributed by atoms with Crippen LogP contribution in [0.2, 0.25) is 5.02 Å². The van der Waals surface area contributed by atoms with E-state index in [1.807, 2.05) is 24.3 Å². The molecule has 30 heavy (non-hydrogen) atoms. The monoisotopic (exact) mass is 442 g/mol. The minimum absolute atomic E-state index is 0.251. The first-order valence-corrected chi connectivity index (χ1v) is 11.2. The topological polar surface area (TPSA) is 83.6 Å². The second-order valence-electron chi connectivity index (χ2n) is 6.97. The van der Waals surface area contributed by atoms with Gasteiger partial charge in [0, 0.05) is 17.0 Å². The van der Waals surface area contributed by atoms with Crippen LogP contribution in [0.25, 0.3) is 0 Å². The molecule has 7 heteroatoms. The first-order chi connectivity index (χ1) is 14.3. The number of carbonyl (C=O) groups excluding carboxylic acids is 1. The maximum atomic E-state index is 12.4. The lowest BCUT2D eigenvalue weighted by Gasteiger charge is -2.29. The minimum atomic E-state index is -1.55. The largest absolute Gasteiger partial charge is 0.380 e. The van der Waals surface area contributed by atoms with Crippen LogP contribution in [0.15, 0.2) is 78.9 Å². The van der Waals surface area contributed by atoms with E-state index in [9.17, 15) is 14.1 Å². The summed E-state index contributed by atoms with van der Waals surface area (Å²) in [6, 6.07) is 23.3. The van der Waals surface area contributed by atoms with Crippen molar-refractivity contribution in [3.05, 3.63) is 101 Å². The fourth-order valence-electron chi connectivity index (χ4n) is 3.35. The highest BCUT2D eigenvalue weighted by molar-refractivity contribution is 7.85. The molecule has 0 saturated heterocycles. The van der Waals surface area contributed by atoms with Crippen LogP contribution in [-0.2, 0) is 27.9 Å². The van der Waals surface area contributed by atoms with Crippen molar-refractivity contribution in [2.75, 3.05) is 10.6 Å². The van der Waals surface area contributed by atoms with Crippen LogP contribution < -0.4 is 10.0 Å². The standard InChI is InChI=1S/C23H23ClN2O3S/c1-30(29)26(16-17-7-5-6-10-21(17)24)20-13-11-19(12-14-20)23(28,15-22(25)27)18-8-3-2-4-9-18/h2-14,28H,15-16H2,1H3,(H2,25,27). The van der Waals surface area contributed by atoms with Gasteiger partial charge in [0.25, 0.3) is 0 Å². The third-order valence-electron chi connectivity index (χ3n) is 4.90. The molecule has 5 nitrogen and oxygen atoms in total. The van der Waals surface area contributed by atoms with E-state index in [4.69, 9.17) is 17.3 Å². The summed E-state index contributed by atoms with van der Waals surface area (Å²) in [7, 11) is -1.30. The zero-order chi connectivity index (χ0) is 21.7. The number of nitrogens with two attached hydrogens (primary N) is 1. The number of hydrogen-bond acceptors (Lipinski definition) is 3. The number of rotatable bonds is 8. The summed E-state index contributed by atoms with van der Waals surface area (Å²) in [6.45, 7) is 0.367. The predicted molar refractivity (Wildman–Crippen MR) is 121 cm³/mol. The second kappa shape index (κ2) is 9.43.